The second-order valence-electron chi connectivity index (χ2n) is 3.41. The quantitative estimate of drug-likeness (QED) is 0.495. The molecule has 0 unspecified atom stereocenters. The molecule has 0 saturated heterocycles. The highest BCUT2D eigenvalue weighted by molar-refractivity contribution is 6.61. The lowest BCUT2D eigenvalue weighted by Crippen LogP contribution is -1.97. The molecule has 0 rings (SSSR count). The fourth-order valence-corrected chi connectivity index (χ4v) is 1.04. The normalized spacial score (nSPS) is 9.36. The highest BCUT2D eigenvalue weighted by Crippen LogP contribution is 2.09. The van der Waals surface area contributed by atoms with Gasteiger partial charge < -0.3 is 4.74 Å². The summed E-state index contributed by atoms with van der Waals surface area (Å²) < 4.78 is 4.59. The summed E-state index contributed by atoms with van der Waals surface area (Å²) in [7, 11) is 0. The lowest BCUT2D eigenvalue weighted by Gasteiger charge is -2.03. The summed E-state index contributed by atoms with van der Waals surface area (Å²) >= 11 is 5.01. The van der Waals surface area contributed by atoms with Gasteiger partial charge in [-0.2, -0.15) is 0 Å². The van der Waals surface area contributed by atoms with Gasteiger partial charge in [0, 0.05) is 18.0 Å². The predicted octanol–water partition coefficient (Wildman–Crippen LogP) is 4.05. The summed E-state index contributed by atoms with van der Waals surface area (Å²) in [5.41, 5.74) is 1.65. The van der Waals surface area contributed by atoms with E-state index in [-0.39, 0.29) is 0 Å². The monoisotopic (exact) mass is 216 g/mol. The van der Waals surface area contributed by atoms with Gasteiger partial charge in [-0.3, -0.25) is 0 Å². The van der Waals surface area contributed by atoms with E-state index >= 15 is 0 Å². The van der Waals surface area contributed by atoms with Gasteiger partial charge in [0.25, 0.3) is 0 Å². The molecule has 2 nitrogen and oxygen atoms in total. The van der Waals surface area contributed by atoms with Crippen LogP contribution in [-0.4, -0.2) is 12.0 Å². The number of carbonyl (C=O) groups excluding carboxylic acids is 1. The molecule has 0 amide bonds. The first kappa shape index (κ1) is 13.2. The zero-order valence-corrected chi connectivity index (χ0v) is 9.56. The number of halogens is 1. The van der Waals surface area contributed by atoms with Gasteiger partial charge in [0.1, 0.15) is 0 Å². The Morgan fingerprint density at radius 1 is 1.43 bits per heavy atom. The van der Waals surface area contributed by atoms with Crippen LogP contribution in [0.5, 0.6) is 0 Å². The van der Waals surface area contributed by atoms with E-state index in [4.69, 9.17) is 11.6 Å². The van der Waals surface area contributed by atoms with Crippen LogP contribution in [-0.2, 0) is 4.74 Å². The highest BCUT2D eigenvalue weighted by Gasteiger charge is 1.97. The maximum atomic E-state index is 10.2. The molecule has 0 aliphatic carbocycles. The molecule has 0 bridgehead atoms. The molecular formula is C11H17ClO2. The summed E-state index contributed by atoms with van der Waals surface area (Å²) in [6.07, 6.45) is 4.79. The van der Waals surface area contributed by atoms with E-state index in [0.29, 0.717) is 13.0 Å². The summed E-state index contributed by atoms with van der Waals surface area (Å²) in [6.45, 7) is 8.35. The third kappa shape index (κ3) is 9.33. The minimum Gasteiger partial charge on any atom is -0.453 e. The molecule has 0 spiro atoms. The van der Waals surface area contributed by atoms with Gasteiger partial charge in [-0.25, -0.2) is 4.79 Å². The van der Waals surface area contributed by atoms with Gasteiger partial charge in [-0.1, -0.05) is 23.8 Å². The van der Waals surface area contributed by atoms with Crippen LogP contribution in [0.2, 0.25) is 0 Å². The van der Waals surface area contributed by atoms with Crippen molar-refractivity contribution in [3.8, 4) is 0 Å². The molecule has 0 N–H and O–H groups in total. The topological polar surface area (TPSA) is 26.3 Å². The van der Waals surface area contributed by atoms with Crippen LogP contribution in [0.3, 0.4) is 0 Å². The number of carbonyl (C=O) groups is 1. The molecule has 0 aromatic carbocycles. The van der Waals surface area contributed by atoms with Crippen molar-refractivity contribution in [1.29, 1.82) is 0 Å². The SMILES string of the molecule is C=C(CCC=C(C)C)CCOC(=O)Cl. The maximum absolute atomic E-state index is 10.2. The fraction of sp³-hybridized carbons (Fsp3) is 0.545. The molecule has 0 aromatic rings. The van der Waals surface area contributed by atoms with E-state index in [2.05, 4.69) is 31.2 Å². The molecule has 0 aliphatic heterocycles. The average Bonchev–Trinajstić information content (AvgIpc) is 2.02. The minimum absolute atomic E-state index is 0.329. The third-order valence-electron chi connectivity index (χ3n) is 1.72. The van der Waals surface area contributed by atoms with Gasteiger partial charge in [0.15, 0.2) is 0 Å². The van der Waals surface area contributed by atoms with Crippen molar-refractivity contribution in [3.05, 3.63) is 23.8 Å². The van der Waals surface area contributed by atoms with Crippen molar-refractivity contribution in [1.82, 2.24) is 0 Å². The number of hydrogen-bond acceptors (Lipinski definition) is 2. The summed E-state index contributed by atoms with van der Waals surface area (Å²) in [5.74, 6) is 0. The Balaban J connectivity index is 3.47. The van der Waals surface area contributed by atoms with Crippen LogP contribution in [0.4, 0.5) is 4.79 Å². The Bertz CT molecular complexity index is 227. The third-order valence-corrected chi connectivity index (χ3v) is 1.83. The molecule has 80 valence electrons. The molecule has 0 aromatic heterocycles. The highest BCUT2D eigenvalue weighted by atomic mass is 35.5. The van der Waals surface area contributed by atoms with Crippen LogP contribution in [0.1, 0.15) is 33.1 Å². The zero-order valence-electron chi connectivity index (χ0n) is 8.81. The smallest absolute Gasteiger partial charge is 0.403 e. The van der Waals surface area contributed by atoms with Crippen molar-refractivity contribution >= 4 is 17.0 Å². The Morgan fingerprint density at radius 2 is 2.07 bits per heavy atom. The van der Waals surface area contributed by atoms with Crippen molar-refractivity contribution in [2.75, 3.05) is 6.61 Å². The van der Waals surface area contributed by atoms with Crippen molar-refractivity contribution < 1.29 is 9.53 Å². The second-order valence-corrected chi connectivity index (χ2v) is 3.71. The van der Waals surface area contributed by atoms with E-state index < -0.39 is 5.43 Å². The molecule has 0 fully saturated rings. The van der Waals surface area contributed by atoms with Crippen LogP contribution in [0.25, 0.3) is 0 Å². The van der Waals surface area contributed by atoms with Crippen molar-refractivity contribution in [2.45, 2.75) is 33.1 Å². The fourth-order valence-electron chi connectivity index (χ4n) is 0.966. The van der Waals surface area contributed by atoms with E-state index in [0.717, 1.165) is 18.4 Å². The number of hydrogen-bond donors (Lipinski definition) is 0. The number of rotatable bonds is 6. The Labute approximate surface area is 90.6 Å². The number of allylic oxidation sites excluding steroid dienone is 2. The first-order chi connectivity index (χ1) is 6.52. The predicted molar refractivity (Wildman–Crippen MR) is 59.6 cm³/mol. The average molecular weight is 217 g/mol. The van der Waals surface area contributed by atoms with Gasteiger partial charge in [0.2, 0.25) is 0 Å². The van der Waals surface area contributed by atoms with Crippen LogP contribution in [0, 0.1) is 0 Å². The van der Waals surface area contributed by atoms with Gasteiger partial charge >= 0.3 is 5.43 Å². The van der Waals surface area contributed by atoms with E-state index in [1.165, 1.54) is 5.57 Å². The minimum atomic E-state index is -0.748. The lowest BCUT2D eigenvalue weighted by molar-refractivity contribution is 0.174. The Kier molecular flexibility index (Phi) is 7.21. The van der Waals surface area contributed by atoms with E-state index in [1.54, 1.807) is 0 Å². The summed E-state index contributed by atoms with van der Waals surface area (Å²) in [5, 5.41) is 0. The van der Waals surface area contributed by atoms with Crippen LogP contribution in [0.15, 0.2) is 23.8 Å². The molecule has 0 atom stereocenters. The van der Waals surface area contributed by atoms with Crippen LogP contribution >= 0.6 is 11.6 Å². The Hall–Kier alpha value is -0.760. The first-order valence-corrected chi connectivity index (χ1v) is 5.02. The van der Waals surface area contributed by atoms with Crippen molar-refractivity contribution in [2.24, 2.45) is 0 Å². The van der Waals surface area contributed by atoms with E-state index in [1.807, 2.05) is 0 Å². The second kappa shape index (κ2) is 7.63. The number of ether oxygens (including phenoxy) is 1. The molecule has 3 heteroatoms. The molecule has 0 heterocycles. The molecule has 14 heavy (non-hydrogen) atoms. The molecular weight excluding hydrogens is 200 g/mol. The maximum Gasteiger partial charge on any atom is 0.403 e. The summed E-state index contributed by atoms with van der Waals surface area (Å²) in [6, 6.07) is 0. The lowest BCUT2D eigenvalue weighted by atomic mass is 10.1. The van der Waals surface area contributed by atoms with Crippen molar-refractivity contribution in [3.63, 3.8) is 0 Å². The first-order valence-electron chi connectivity index (χ1n) is 4.64. The molecule has 0 radical (unpaired) electrons. The molecule has 0 saturated carbocycles. The van der Waals surface area contributed by atoms with Gasteiger partial charge in [0.05, 0.1) is 6.61 Å². The Morgan fingerprint density at radius 3 is 2.57 bits per heavy atom. The van der Waals surface area contributed by atoms with E-state index in [9.17, 15) is 4.79 Å². The largest absolute Gasteiger partial charge is 0.453 e. The standard InChI is InChI=1S/C11H17ClO2/c1-9(2)5-4-6-10(3)7-8-14-11(12)13/h5H,3-4,6-8H2,1-2H3. The molecule has 0 aliphatic rings. The van der Waals surface area contributed by atoms with Crippen LogP contribution < -0.4 is 0 Å². The summed E-state index contributed by atoms with van der Waals surface area (Å²) in [4.78, 5) is 10.2. The zero-order chi connectivity index (χ0) is 11.0. The van der Waals surface area contributed by atoms with Gasteiger partial charge in [-0.05, 0) is 26.7 Å². The van der Waals surface area contributed by atoms with Gasteiger partial charge in [-0.15, -0.1) is 0 Å².